The topological polar surface area (TPSA) is 80.5 Å². The standard InChI is InChI=1S/C19H19N5/c1-13(2)18-10-16(17(11-20)19(21)23-18)15-7-4-3-6-14(15)12-24-9-5-8-22-24/h3-10,13H,12H2,1-2H3,(H2,21,23). The van der Waals surface area contributed by atoms with E-state index < -0.39 is 0 Å². The molecule has 0 radical (unpaired) electrons. The number of aromatic nitrogens is 3. The maximum Gasteiger partial charge on any atom is 0.142 e. The van der Waals surface area contributed by atoms with Gasteiger partial charge >= 0.3 is 0 Å². The lowest BCUT2D eigenvalue weighted by Crippen LogP contribution is -2.06. The van der Waals surface area contributed by atoms with Crippen LogP contribution in [0.2, 0.25) is 0 Å². The van der Waals surface area contributed by atoms with Gasteiger partial charge in [0.05, 0.1) is 6.54 Å². The number of pyridine rings is 1. The summed E-state index contributed by atoms with van der Waals surface area (Å²) in [5.41, 5.74) is 10.2. The van der Waals surface area contributed by atoms with Crippen LogP contribution in [0.1, 0.15) is 36.6 Å². The van der Waals surface area contributed by atoms with E-state index in [4.69, 9.17) is 5.73 Å². The molecule has 0 bridgehead atoms. The molecule has 2 heterocycles. The predicted molar refractivity (Wildman–Crippen MR) is 94.2 cm³/mol. The molecule has 2 aromatic heterocycles. The molecule has 2 N–H and O–H groups in total. The summed E-state index contributed by atoms with van der Waals surface area (Å²) in [4.78, 5) is 4.37. The van der Waals surface area contributed by atoms with E-state index in [2.05, 4.69) is 30.0 Å². The molecule has 0 aliphatic carbocycles. The van der Waals surface area contributed by atoms with Crippen molar-refractivity contribution >= 4 is 5.82 Å². The first-order valence-electron chi connectivity index (χ1n) is 7.86. The number of nitrogens with two attached hydrogens (primary N) is 1. The minimum atomic E-state index is 0.233. The van der Waals surface area contributed by atoms with Crippen molar-refractivity contribution in [1.82, 2.24) is 14.8 Å². The van der Waals surface area contributed by atoms with E-state index in [1.807, 2.05) is 47.3 Å². The van der Waals surface area contributed by atoms with Crippen LogP contribution in [0.5, 0.6) is 0 Å². The number of nitrogen functional groups attached to an aromatic ring is 1. The lowest BCUT2D eigenvalue weighted by atomic mass is 9.94. The Morgan fingerprint density at radius 2 is 2.00 bits per heavy atom. The van der Waals surface area contributed by atoms with Crippen molar-refractivity contribution in [3.8, 4) is 17.2 Å². The molecule has 1 aromatic carbocycles. The summed E-state index contributed by atoms with van der Waals surface area (Å²) < 4.78 is 1.86. The monoisotopic (exact) mass is 317 g/mol. The van der Waals surface area contributed by atoms with Gasteiger partial charge in [0.1, 0.15) is 17.5 Å². The van der Waals surface area contributed by atoms with Gasteiger partial charge in [-0.05, 0) is 29.2 Å². The van der Waals surface area contributed by atoms with Crippen molar-refractivity contribution in [2.75, 3.05) is 5.73 Å². The summed E-state index contributed by atoms with van der Waals surface area (Å²) >= 11 is 0. The highest BCUT2D eigenvalue weighted by Crippen LogP contribution is 2.32. The summed E-state index contributed by atoms with van der Waals surface area (Å²) in [6.45, 7) is 4.76. The molecule has 0 spiro atoms. The molecule has 3 aromatic rings. The predicted octanol–water partition coefficient (Wildman–Crippen LogP) is 3.57. The van der Waals surface area contributed by atoms with Crippen molar-refractivity contribution in [1.29, 1.82) is 5.26 Å². The van der Waals surface area contributed by atoms with Gasteiger partial charge in [-0.3, -0.25) is 4.68 Å². The molecule has 0 saturated heterocycles. The van der Waals surface area contributed by atoms with E-state index in [0.717, 1.165) is 22.4 Å². The summed E-state index contributed by atoms with van der Waals surface area (Å²) in [6, 6.07) is 14.1. The molecular formula is C19H19N5. The van der Waals surface area contributed by atoms with Gasteiger partial charge in [0.25, 0.3) is 0 Å². The van der Waals surface area contributed by atoms with Gasteiger partial charge in [0.2, 0.25) is 0 Å². The fraction of sp³-hybridized carbons (Fsp3) is 0.211. The largest absolute Gasteiger partial charge is 0.383 e. The van der Waals surface area contributed by atoms with Crippen molar-refractivity contribution in [2.24, 2.45) is 0 Å². The third-order valence-corrected chi connectivity index (χ3v) is 3.97. The molecule has 0 amide bonds. The summed E-state index contributed by atoms with van der Waals surface area (Å²) in [5, 5.41) is 13.8. The van der Waals surface area contributed by atoms with E-state index in [9.17, 15) is 5.26 Å². The molecular weight excluding hydrogens is 298 g/mol. The summed E-state index contributed by atoms with van der Waals surface area (Å²) in [6.07, 6.45) is 3.67. The van der Waals surface area contributed by atoms with E-state index >= 15 is 0 Å². The molecule has 24 heavy (non-hydrogen) atoms. The van der Waals surface area contributed by atoms with Gasteiger partial charge in [-0.2, -0.15) is 10.4 Å². The van der Waals surface area contributed by atoms with Crippen LogP contribution in [0.4, 0.5) is 5.82 Å². The maximum absolute atomic E-state index is 9.55. The third kappa shape index (κ3) is 2.99. The third-order valence-electron chi connectivity index (χ3n) is 3.97. The molecule has 0 fully saturated rings. The minimum absolute atomic E-state index is 0.233. The molecule has 5 nitrogen and oxygen atoms in total. The SMILES string of the molecule is CC(C)c1cc(-c2ccccc2Cn2cccn2)c(C#N)c(N)n1. The Morgan fingerprint density at radius 3 is 2.67 bits per heavy atom. The molecule has 0 unspecified atom stereocenters. The Balaban J connectivity index is 2.17. The molecule has 0 atom stereocenters. The lowest BCUT2D eigenvalue weighted by molar-refractivity contribution is 0.688. The zero-order valence-corrected chi connectivity index (χ0v) is 13.8. The van der Waals surface area contributed by atoms with E-state index in [1.165, 1.54) is 0 Å². The van der Waals surface area contributed by atoms with E-state index in [0.29, 0.717) is 12.1 Å². The van der Waals surface area contributed by atoms with Crippen LogP contribution in [0.3, 0.4) is 0 Å². The van der Waals surface area contributed by atoms with Crippen LogP contribution in [-0.2, 0) is 6.54 Å². The normalized spacial score (nSPS) is 10.8. The van der Waals surface area contributed by atoms with Crippen LogP contribution in [0.25, 0.3) is 11.1 Å². The smallest absolute Gasteiger partial charge is 0.142 e. The van der Waals surface area contributed by atoms with E-state index in [1.54, 1.807) is 6.20 Å². The number of anilines is 1. The van der Waals surface area contributed by atoms with E-state index in [-0.39, 0.29) is 11.7 Å². The van der Waals surface area contributed by atoms with Crippen LogP contribution in [0, 0.1) is 11.3 Å². The highest BCUT2D eigenvalue weighted by Gasteiger charge is 2.16. The molecule has 5 heteroatoms. The highest BCUT2D eigenvalue weighted by atomic mass is 15.3. The van der Waals surface area contributed by atoms with Crippen LogP contribution < -0.4 is 5.73 Å². The minimum Gasteiger partial charge on any atom is -0.383 e. The first-order valence-corrected chi connectivity index (χ1v) is 7.86. The van der Waals surface area contributed by atoms with Crippen molar-refractivity contribution in [3.05, 3.63) is 65.6 Å². The Labute approximate surface area is 141 Å². The van der Waals surface area contributed by atoms with Gasteiger partial charge < -0.3 is 5.73 Å². The van der Waals surface area contributed by atoms with Crippen LogP contribution >= 0.6 is 0 Å². The Hall–Kier alpha value is -3.13. The van der Waals surface area contributed by atoms with Gasteiger partial charge in [-0.15, -0.1) is 0 Å². The highest BCUT2D eigenvalue weighted by molar-refractivity contribution is 5.78. The molecule has 120 valence electrons. The van der Waals surface area contributed by atoms with Crippen molar-refractivity contribution in [3.63, 3.8) is 0 Å². The maximum atomic E-state index is 9.55. The average Bonchev–Trinajstić information content (AvgIpc) is 3.07. The second kappa shape index (κ2) is 6.55. The number of nitrogens with zero attached hydrogens (tertiary/aromatic N) is 4. The Morgan fingerprint density at radius 1 is 1.21 bits per heavy atom. The molecule has 0 aliphatic heterocycles. The summed E-state index contributed by atoms with van der Waals surface area (Å²) in [7, 11) is 0. The Bertz CT molecular complexity index is 889. The Kier molecular flexibility index (Phi) is 4.30. The number of rotatable bonds is 4. The number of nitriles is 1. The fourth-order valence-electron chi connectivity index (χ4n) is 2.70. The zero-order valence-electron chi connectivity index (χ0n) is 13.8. The lowest BCUT2D eigenvalue weighted by Gasteiger charge is -2.15. The zero-order chi connectivity index (χ0) is 17.1. The first kappa shape index (κ1) is 15.8. The quantitative estimate of drug-likeness (QED) is 0.797. The van der Waals surface area contributed by atoms with Crippen molar-refractivity contribution < 1.29 is 0 Å². The van der Waals surface area contributed by atoms with Crippen LogP contribution in [0.15, 0.2) is 48.8 Å². The number of hydrogen-bond donors (Lipinski definition) is 1. The van der Waals surface area contributed by atoms with Gasteiger partial charge in [-0.1, -0.05) is 38.1 Å². The second-order valence-corrected chi connectivity index (χ2v) is 5.98. The fourth-order valence-corrected chi connectivity index (χ4v) is 2.70. The van der Waals surface area contributed by atoms with Crippen LogP contribution in [-0.4, -0.2) is 14.8 Å². The number of hydrogen-bond acceptors (Lipinski definition) is 4. The van der Waals surface area contributed by atoms with Gasteiger partial charge in [0.15, 0.2) is 0 Å². The molecule has 3 rings (SSSR count). The number of benzene rings is 1. The average molecular weight is 317 g/mol. The van der Waals surface area contributed by atoms with Gasteiger partial charge in [0, 0.05) is 23.7 Å². The van der Waals surface area contributed by atoms with Gasteiger partial charge in [-0.25, -0.2) is 4.98 Å². The summed E-state index contributed by atoms with van der Waals surface area (Å²) in [5.74, 6) is 0.518. The second-order valence-electron chi connectivity index (χ2n) is 5.98. The first-order chi connectivity index (χ1) is 11.6. The van der Waals surface area contributed by atoms with Crippen molar-refractivity contribution in [2.45, 2.75) is 26.3 Å². The molecule has 0 saturated carbocycles. The molecule has 0 aliphatic rings.